The molecular weight excluding hydrogens is 754 g/mol. The first kappa shape index (κ1) is 40.3. The van der Waals surface area contributed by atoms with E-state index in [1.165, 1.54) is 53.5 Å². The number of alkyl halides is 9. The molecule has 3 unspecified atom stereocenters. The summed E-state index contributed by atoms with van der Waals surface area (Å²) in [6.45, 7) is 5.54. The van der Waals surface area contributed by atoms with Gasteiger partial charge in [0.2, 0.25) is 17.7 Å². The van der Waals surface area contributed by atoms with Gasteiger partial charge in [0.1, 0.15) is 0 Å². The molecule has 6 nitrogen and oxygen atoms in total. The average Bonchev–Trinajstić information content (AvgIpc) is 3.04. The van der Waals surface area contributed by atoms with E-state index in [1.807, 2.05) is 13.8 Å². The highest BCUT2D eigenvalue weighted by Crippen LogP contribution is 2.43. The number of fused-ring (bicyclic) bond motifs is 3. The number of thioether (sulfide) groups is 3. The predicted molar refractivity (Wildman–Crippen MR) is 180 cm³/mol. The van der Waals surface area contributed by atoms with Gasteiger partial charge < -0.3 is 16.0 Å². The first-order valence-electron chi connectivity index (χ1n) is 15.3. The van der Waals surface area contributed by atoms with Gasteiger partial charge in [0.25, 0.3) is 0 Å². The summed E-state index contributed by atoms with van der Waals surface area (Å²) in [4.78, 5) is 36.6. The number of hydrogen-bond donors (Lipinski definition) is 3. The first-order chi connectivity index (χ1) is 23.7. The quantitative estimate of drug-likeness (QED) is 0.229. The van der Waals surface area contributed by atoms with Crippen molar-refractivity contribution in [2.45, 2.75) is 89.0 Å². The van der Waals surface area contributed by atoms with E-state index in [4.69, 9.17) is 0 Å². The van der Waals surface area contributed by atoms with Crippen molar-refractivity contribution < 1.29 is 53.9 Å². The van der Waals surface area contributed by atoms with Crippen molar-refractivity contribution in [2.75, 3.05) is 16.0 Å². The Morgan fingerprint density at radius 3 is 1.27 bits per heavy atom. The number of halogens is 9. The van der Waals surface area contributed by atoms with E-state index in [0.717, 1.165) is 49.2 Å². The molecule has 3 amide bonds. The van der Waals surface area contributed by atoms with Gasteiger partial charge in [0.05, 0.1) is 49.5 Å². The number of nitrogens with one attached hydrogen (secondary N) is 3. The largest absolute Gasteiger partial charge is 0.416 e. The fourth-order valence-corrected chi connectivity index (χ4v) is 7.92. The number of amides is 3. The fraction of sp³-hybridized carbons (Fsp3) is 0.364. The molecule has 3 aromatic carbocycles. The number of anilines is 3. The molecular formula is C33H30F9N3O3S3. The minimum absolute atomic E-state index is 0.209. The van der Waals surface area contributed by atoms with Gasteiger partial charge >= 0.3 is 18.5 Å². The van der Waals surface area contributed by atoms with Crippen molar-refractivity contribution in [2.24, 2.45) is 0 Å². The van der Waals surface area contributed by atoms with Crippen LogP contribution in [0.15, 0.2) is 69.3 Å². The predicted octanol–water partition coefficient (Wildman–Crippen LogP) is 10.6. The summed E-state index contributed by atoms with van der Waals surface area (Å²) in [5.41, 5.74) is -1.49. The van der Waals surface area contributed by atoms with Crippen molar-refractivity contribution in [3.05, 3.63) is 71.3 Å². The average molecular weight is 784 g/mol. The second kappa shape index (κ2) is 16.0. The number of hydrogen-bond acceptors (Lipinski definition) is 6. The topological polar surface area (TPSA) is 87.3 Å². The molecule has 18 heteroatoms. The van der Waals surface area contributed by atoms with E-state index in [-0.39, 0.29) is 50.5 Å². The van der Waals surface area contributed by atoms with E-state index in [0.29, 0.717) is 21.1 Å². The van der Waals surface area contributed by atoms with Crippen LogP contribution in [0.25, 0.3) is 0 Å². The Morgan fingerprint density at radius 2 is 0.902 bits per heavy atom. The van der Waals surface area contributed by atoms with Gasteiger partial charge in [-0.15, -0.1) is 35.3 Å². The summed E-state index contributed by atoms with van der Waals surface area (Å²) in [6, 6.07) is 10.3. The van der Waals surface area contributed by atoms with Crippen LogP contribution < -0.4 is 16.0 Å². The van der Waals surface area contributed by atoms with Crippen LogP contribution in [0.5, 0.6) is 0 Å². The maximum atomic E-state index is 12.5. The molecule has 6 rings (SSSR count). The Kier molecular flexibility index (Phi) is 12.6. The van der Waals surface area contributed by atoms with E-state index in [1.54, 1.807) is 6.92 Å². The van der Waals surface area contributed by atoms with Crippen LogP contribution in [-0.2, 0) is 32.9 Å². The summed E-state index contributed by atoms with van der Waals surface area (Å²) in [7, 11) is 0. The van der Waals surface area contributed by atoms with Crippen LogP contribution in [0.4, 0.5) is 56.6 Å². The smallest absolute Gasteiger partial charge is 0.324 e. The van der Waals surface area contributed by atoms with Gasteiger partial charge in [0.15, 0.2) is 0 Å². The van der Waals surface area contributed by atoms with Crippen LogP contribution in [0.1, 0.15) is 56.7 Å². The number of carbonyl (C=O) groups excluding carboxylic acids is 3. The molecule has 3 atom stereocenters. The molecule has 0 aromatic heterocycles. The third kappa shape index (κ3) is 10.3. The van der Waals surface area contributed by atoms with Crippen molar-refractivity contribution in [1.82, 2.24) is 0 Å². The molecule has 0 spiro atoms. The zero-order chi connectivity index (χ0) is 37.9. The minimum Gasteiger partial charge on any atom is -0.324 e. The Hall–Kier alpha value is -3.51. The monoisotopic (exact) mass is 783 g/mol. The van der Waals surface area contributed by atoms with E-state index in [2.05, 4.69) is 16.0 Å². The Balaban J connectivity index is 0.000000172. The van der Waals surface area contributed by atoms with E-state index >= 15 is 0 Å². The maximum Gasteiger partial charge on any atom is 0.416 e. The number of rotatable bonds is 3. The molecule has 3 aromatic rings. The molecule has 0 saturated heterocycles. The maximum absolute atomic E-state index is 12.5. The second-order valence-electron chi connectivity index (χ2n) is 11.3. The Bertz CT molecular complexity index is 1780. The number of benzene rings is 3. The van der Waals surface area contributed by atoms with Crippen LogP contribution >= 0.6 is 35.3 Å². The van der Waals surface area contributed by atoms with Crippen molar-refractivity contribution in [3.8, 4) is 0 Å². The van der Waals surface area contributed by atoms with E-state index in [9.17, 15) is 53.9 Å². The normalized spacial score (nSPS) is 19.8. The van der Waals surface area contributed by atoms with Gasteiger partial charge in [-0.3, -0.25) is 14.4 Å². The number of carbonyl (C=O) groups is 3. The van der Waals surface area contributed by atoms with Gasteiger partial charge in [-0.25, -0.2) is 0 Å². The molecule has 0 fully saturated rings. The van der Waals surface area contributed by atoms with Gasteiger partial charge in [-0.1, -0.05) is 20.3 Å². The molecule has 3 aliphatic heterocycles. The molecule has 3 aliphatic rings. The molecule has 51 heavy (non-hydrogen) atoms. The highest BCUT2D eigenvalue weighted by atomic mass is 32.2. The van der Waals surface area contributed by atoms with Crippen LogP contribution in [0.2, 0.25) is 0 Å². The third-order valence-electron chi connectivity index (χ3n) is 7.41. The summed E-state index contributed by atoms with van der Waals surface area (Å²) in [6.07, 6.45) is -10.9. The van der Waals surface area contributed by atoms with Crippen LogP contribution in [-0.4, -0.2) is 33.5 Å². The summed E-state index contributed by atoms with van der Waals surface area (Å²) in [5, 5.41) is 6.82. The lowest BCUT2D eigenvalue weighted by molar-refractivity contribution is -0.138. The lowest BCUT2D eigenvalue weighted by atomic mass is 10.1. The Labute approximate surface area is 299 Å². The zero-order valence-electron chi connectivity index (χ0n) is 26.9. The SMILES string of the molecule is CC1Sc2ccc(C(F)(F)F)cc2NC1=O.CCC1Sc2ccc(C(F)(F)F)cc2NC1=O.CCCC1Sc2ccc(C(F)(F)F)cc2NC1=O. The summed E-state index contributed by atoms with van der Waals surface area (Å²) in [5.74, 6) is -0.713. The van der Waals surface area contributed by atoms with Gasteiger partial charge in [0, 0.05) is 14.7 Å². The molecule has 276 valence electrons. The first-order valence-corrected chi connectivity index (χ1v) is 17.9. The third-order valence-corrected chi connectivity index (χ3v) is 11.4. The lowest BCUT2D eigenvalue weighted by Gasteiger charge is -2.24. The van der Waals surface area contributed by atoms with E-state index < -0.39 is 35.2 Å². The highest BCUT2D eigenvalue weighted by molar-refractivity contribution is 8.01. The molecule has 3 heterocycles. The molecule has 0 saturated carbocycles. The fourth-order valence-electron chi connectivity index (χ4n) is 4.76. The standard InChI is InChI=1S/C12H12F3NOS.C11H10F3NOS.C10H8F3NOS/c1-2-3-10-11(17)16-8-6-7(12(13,14)15)4-5-9(8)18-10;1-2-8-10(16)15-7-5-6(11(12,13)14)3-4-9(7)17-8;1-5-9(15)14-7-4-6(10(11,12)13)2-3-8(7)16-5/h4-6,10H,2-3H2,1H3,(H,16,17);3-5,8H,2H2,1H3,(H,15,16);2-5H,1H3,(H,14,15). The highest BCUT2D eigenvalue weighted by Gasteiger charge is 2.35. The second-order valence-corrected chi connectivity index (χ2v) is 15.1. The summed E-state index contributed by atoms with van der Waals surface area (Å²) < 4.78 is 112. The molecule has 3 N–H and O–H groups in total. The summed E-state index contributed by atoms with van der Waals surface area (Å²) >= 11 is 3.89. The Morgan fingerprint density at radius 1 is 0.549 bits per heavy atom. The van der Waals surface area contributed by atoms with Crippen molar-refractivity contribution in [1.29, 1.82) is 0 Å². The molecule has 0 bridgehead atoms. The lowest BCUT2D eigenvalue weighted by Crippen LogP contribution is -2.29. The van der Waals surface area contributed by atoms with Gasteiger partial charge in [-0.05, 0) is 74.4 Å². The zero-order valence-corrected chi connectivity index (χ0v) is 29.4. The van der Waals surface area contributed by atoms with Gasteiger partial charge in [-0.2, -0.15) is 39.5 Å². The van der Waals surface area contributed by atoms with Crippen LogP contribution in [0.3, 0.4) is 0 Å². The molecule has 0 radical (unpaired) electrons. The van der Waals surface area contributed by atoms with Crippen molar-refractivity contribution >= 4 is 70.1 Å². The molecule has 0 aliphatic carbocycles. The minimum atomic E-state index is -4.38. The van der Waals surface area contributed by atoms with Crippen molar-refractivity contribution in [3.63, 3.8) is 0 Å². The van der Waals surface area contributed by atoms with Crippen LogP contribution in [0, 0.1) is 0 Å².